The van der Waals surface area contributed by atoms with E-state index in [4.69, 9.17) is 4.52 Å². The lowest BCUT2D eigenvalue weighted by Crippen LogP contribution is -2.40. The van der Waals surface area contributed by atoms with Crippen molar-refractivity contribution in [2.45, 2.75) is 5.92 Å². The van der Waals surface area contributed by atoms with Crippen molar-refractivity contribution < 1.29 is 4.52 Å². The van der Waals surface area contributed by atoms with Gasteiger partial charge in [-0.25, -0.2) is 0 Å². The zero-order valence-corrected chi connectivity index (χ0v) is 10.2. The molecule has 1 aliphatic heterocycles. The van der Waals surface area contributed by atoms with Crippen molar-refractivity contribution in [1.29, 1.82) is 0 Å². The average molecular weight is 252 g/mol. The second-order valence-corrected chi connectivity index (χ2v) is 4.72. The van der Waals surface area contributed by atoms with E-state index >= 15 is 0 Å². The summed E-state index contributed by atoms with van der Waals surface area (Å²) >= 11 is 0. The second kappa shape index (κ2) is 4.13. The molecule has 4 rings (SSSR count). The highest BCUT2D eigenvalue weighted by molar-refractivity contribution is 5.82. The van der Waals surface area contributed by atoms with Crippen LogP contribution in [0.1, 0.15) is 11.8 Å². The van der Waals surface area contributed by atoms with Crippen molar-refractivity contribution in [3.8, 4) is 11.4 Å². The first-order valence-electron chi connectivity index (χ1n) is 6.29. The number of fused-ring (bicyclic) bond motifs is 1. The van der Waals surface area contributed by atoms with Crippen molar-refractivity contribution >= 4 is 10.9 Å². The summed E-state index contributed by atoms with van der Waals surface area (Å²) in [7, 11) is 0. The zero-order chi connectivity index (χ0) is 12.7. The Kier molecular flexibility index (Phi) is 2.31. The smallest absolute Gasteiger partial charge is 0.232 e. The summed E-state index contributed by atoms with van der Waals surface area (Å²) in [5.74, 6) is 1.73. The van der Waals surface area contributed by atoms with Crippen LogP contribution in [-0.2, 0) is 0 Å². The van der Waals surface area contributed by atoms with Gasteiger partial charge in [-0.1, -0.05) is 11.2 Å². The van der Waals surface area contributed by atoms with Crippen LogP contribution in [0, 0.1) is 0 Å². The Morgan fingerprint density at radius 1 is 1.21 bits per heavy atom. The van der Waals surface area contributed by atoms with Crippen LogP contribution in [0.5, 0.6) is 0 Å². The van der Waals surface area contributed by atoms with E-state index < -0.39 is 0 Å². The molecule has 1 aromatic carbocycles. The number of rotatable bonds is 2. The predicted molar refractivity (Wildman–Crippen MR) is 70.6 cm³/mol. The molecule has 3 aromatic rings. The number of pyridine rings is 1. The Bertz CT molecular complexity index is 733. The molecule has 0 unspecified atom stereocenters. The fraction of sp³-hybridized carbons (Fsp3) is 0.214. The minimum Gasteiger partial charge on any atom is -0.339 e. The molecule has 0 amide bonds. The second-order valence-electron chi connectivity index (χ2n) is 4.72. The molecule has 1 aliphatic rings. The molecule has 0 aliphatic carbocycles. The van der Waals surface area contributed by atoms with Crippen LogP contribution in [0.2, 0.25) is 0 Å². The van der Waals surface area contributed by atoms with Crippen LogP contribution in [0.25, 0.3) is 22.3 Å². The molecule has 0 spiro atoms. The van der Waals surface area contributed by atoms with Gasteiger partial charge in [-0.05, 0) is 24.3 Å². The van der Waals surface area contributed by atoms with E-state index in [1.54, 1.807) is 6.20 Å². The first-order chi connectivity index (χ1) is 9.40. The van der Waals surface area contributed by atoms with Crippen molar-refractivity contribution in [1.82, 2.24) is 20.4 Å². The summed E-state index contributed by atoms with van der Waals surface area (Å²) in [6.45, 7) is 1.84. The van der Waals surface area contributed by atoms with Crippen molar-refractivity contribution in [2.75, 3.05) is 13.1 Å². The molecule has 0 saturated carbocycles. The summed E-state index contributed by atoms with van der Waals surface area (Å²) in [6, 6.07) is 9.95. The largest absolute Gasteiger partial charge is 0.339 e. The first kappa shape index (κ1) is 10.6. The highest BCUT2D eigenvalue weighted by Gasteiger charge is 2.25. The molecule has 0 atom stereocenters. The topological polar surface area (TPSA) is 63.8 Å². The monoisotopic (exact) mass is 252 g/mol. The van der Waals surface area contributed by atoms with Gasteiger partial charge in [-0.15, -0.1) is 0 Å². The molecule has 3 heterocycles. The number of benzene rings is 1. The number of hydrogen-bond donors (Lipinski definition) is 1. The van der Waals surface area contributed by atoms with Gasteiger partial charge in [-0.3, -0.25) is 4.98 Å². The van der Waals surface area contributed by atoms with Gasteiger partial charge in [0.05, 0.1) is 11.4 Å². The zero-order valence-electron chi connectivity index (χ0n) is 10.2. The Morgan fingerprint density at radius 2 is 2.16 bits per heavy atom. The molecular weight excluding hydrogens is 240 g/mol. The van der Waals surface area contributed by atoms with Crippen LogP contribution in [0.15, 0.2) is 41.1 Å². The summed E-state index contributed by atoms with van der Waals surface area (Å²) in [5, 5.41) is 8.34. The van der Waals surface area contributed by atoms with E-state index in [0.29, 0.717) is 11.7 Å². The van der Waals surface area contributed by atoms with E-state index in [1.807, 2.05) is 30.3 Å². The van der Waals surface area contributed by atoms with Gasteiger partial charge in [0, 0.05) is 30.2 Å². The summed E-state index contributed by atoms with van der Waals surface area (Å²) in [6.07, 6.45) is 1.79. The Labute approximate surface area is 109 Å². The average Bonchev–Trinajstić information content (AvgIpc) is 2.85. The third-order valence-electron chi connectivity index (χ3n) is 3.43. The van der Waals surface area contributed by atoms with Gasteiger partial charge >= 0.3 is 0 Å². The van der Waals surface area contributed by atoms with Crippen LogP contribution in [0.3, 0.4) is 0 Å². The lowest BCUT2D eigenvalue weighted by molar-refractivity contribution is 0.308. The molecular formula is C14H12N4O. The highest BCUT2D eigenvalue weighted by Crippen LogP contribution is 2.24. The minimum atomic E-state index is 0.364. The third-order valence-corrected chi connectivity index (χ3v) is 3.43. The maximum Gasteiger partial charge on any atom is 0.232 e. The van der Waals surface area contributed by atoms with Crippen molar-refractivity contribution in [3.63, 3.8) is 0 Å². The van der Waals surface area contributed by atoms with Crippen LogP contribution in [0.4, 0.5) is 0 Å². The standard InChI is InChI=1S/C14H12N4O/c1-2-9-6-10(3-4-12(9)16-5-1)13-17-14(19-18-13)11-7-15-8-11/h1-6,11,15H,7-8H2. The van der Waals surface area contributed by atoms with E-state index in [0.717, 1.165) is 35.4 Å². The first-order valence-corrected chi connectivity index (χ1v) is 6.29. The SMILES string of the molecule is c1cnc2ccc(-c3noc(C4CNC4)n3)cc2c1. The molecule has 1 N–H and O–H groups in total. The number of aromatic nitrogens is 3. The maximum absolute atomic E-state index is 5.32. The number of nitrogens with one attached hydrogen (secondary N) is 1. The Hall–Kier alpha value is -2.27. The number of hydrogen-bond acceptors (Lipinski definition) is 5. The molecule has 5 heteroatoms. The molecule has 0 bridgehead atoms. The minimum absolute atomic E-state index is 0.364. The van der Waals surface area contributed by atoms with Gasteiger partial charge in [0.2, 0.25) is 11.7 Å². The van der Waals surface area contributed by atoms with Gasteiger partial charge in [0.15, 0.2) is 0 Å². The lowest BCUT2D eigenvalue weighted by atomic mass is 10.0. The quantitative estimate of drug-likeness (QED) is 0.755. The predicted octanol–water partition coefficient (Wildman–Crippen LogP) is 1.97. The lowest BCUT2D eigenvalue weighted by Gasteiger charge is -2.22. The molecule has 19 heavy (non-hydrogen) atoms. The van der Waals surface area contributed by atoms with Crippen molar-refractivity contribution in [2.24, 2.45) is 0 Å². The fourth-order valence-electron chi connectivity index (χ4n) is 2.20. The number of nitrogens with zero attached hydrogens (tertiary/aromatic N) is 3. The molecule has 2 aromatic heterocycles. The third kappa shape index (κ3) is 1.79. The molecule has 0 radical (unpaired) electrons. The summed E-state index contributed by atoms with van der Waals surface area (Å²) in [4.78, 5) is 8.77. The summed E-state index contributed by atoms with van der Waals surface area (Å²) in [5.41, 5.74) is 1.93. The fourth-order valence-corrected chi connectivity index (χ4v) is 2.20. The molecule has 1 saturated heterocycles. The highest BCUT2D eigenvalue weighted by atomic mass is 16.5. The molecule has 1 fully saturated rings. The van der Waals surface area contributed by atoms with Crippen LogP contribution >= 0.6 is 0 Å². The normalized spacial score (nSPS) is 15.6. The maximum atomic E-state index is 5.32. The Morgan fingerprint density at radius 3 is 3.00 bits per heavy atom. The van der Waals surface area contributed by atoms with E-state index in [-0.39, 0.29) is 0 Å². The summed E-state index contributed by atoms with van der Waals surface area (Å²) < 4.78 is 5.32. The van der Waals surface area contributed by atoms with Gasteiger partial charge < -0.3 is 9.84 Å². The van der Waals surface area contributed by atoms with E-state index in [2.05, 4.69) is 20.4 Å². The van der Waals surface area contributed by atoms with Gasteiger partial charge in [0.1, 0.15) is 0 Å². The van der Waals surface area contributed by atoms with Gasteiger partial charge in [-0.2, -0.15) is 4.98 Å². The van der Waals surface area contributed by atoms with E-state index in [1.165, 1.54) is 0 Å². The van der Waals surface area contributed by atoms with Gasteiger partial charge in [0.25, 0.3) is 0 Å². The van der Waals surface area contributed by atoms with Crippen LogP contribution < -0.4 is 5.32 Å². The van der Waals surface area contributed by atoms with E-state index in [9.17, 15) is 0 Å². The Balaban J connectivity index is 1.74. The van der Waals surface area contributed by atoms with Crippen LogP contribution in [-0.4, -0.2) is 28.2 Å². The van der Waals surface area contributed by atoms with Crippen molar-refractivity contribution in [3.05, 3.63) is 42.4 Å². The molecule has 5 nitrogen and oxygen atoms in total. The molecule has 94 valence electrons.